The molecule has 0 saturated heterocycles. The summed E-state index contributed by atoms with van der Waals surface area (Å²) in [7, 11) is 0. The van der Waals surface area contributed by atoms with Crippen LogP contribution < -0.4 is 10.6 Å². The number of rotatable bonds is 3. The molecule has 2 aromatic carbocycles. The summed E-state index contributed by atoms with van der Waals surface area (Å²) < 4.78 is 13.3. The van der Waals surface area contributed by atoms with Gasteiger partial charge in [0.2, 0.25) is 0 Å². The molecule has 3 heteroatoms. The van der Waals surface area contributed by atoms with Crippen LogP contribution in [0, 0.1) is 5.82 Å². The number of anilines is 1. The number of nitrogens with zero attached hydrogens (tertiary/aromatic N) is 1. The Morgan fingerprint density at radius 3 is 2.85 bits per heavy atom. The maximum absolute atomic E-state index is 13.3. The Morgan fingerprint density at radius 2 is 2.00 bits per heavy atom. The summed E-state index contributed by atoms with van der Waals surface area (Å²) >= 11 is 0. The summed E-state index contributed by atoms with van der Waals surface area (Å²) in [5.41, 5.74) is 9.75. The van der Waals surface area contributed by atoms with Crippen LogP contribution in [-0.4, -0.2) is 13.1 Å². The van der Waals surface area contributed by atoms with E-state index in [0.717, 1.165) is 31.5 Å². The lowest BCUT2D eigenvalue weighted by atomic mass is 10.00. The molecule has 2 nitrogen and oxygen atoms in total. The maximum atomic E-state index is 13.3. The lowest BCUT2D eigenvalue weighted by Gasteiger charge is -2.33. The zero-order chi connectivity index (χ0) is 13.9. The van der Waals surface area contributed by atoms with Gasteiger partial charge >= 0.3 is 0 Å². The minimum atomic E-state index is -0.225. The second-order valence-corrected chi connectivity index (χ2v) is 5.34. The lowest BCUT2D eigenvalue weighted by Crippen LogP contribution is -2.35. The van der Waals surface area contributed by atoms with Gasteiger partial charge in [0.15, 0.2) is 0 Å². The predicted octanol–water partition coefficient (Wildman–Crippen LogP) is 3.28. The van der Waals surface area contributed by atoms with E-state index in [1.807, 2.05) is 6.07 Å². The molecule has 0 amide bonds. The Balaban J connectivity index is 1.79. The third-order valence-corrected chi connectivity index (χ3v) is 3.90. The van der Waals surface area contributed by atoms with E-state index in [4.69, 9.17) is 5.73 Å². The number of hydrogen-bond acceptors (Lipinski definition) is 2. The Hall–Kier alpha value is -1.87. The third kappa shape index (κ3) is 2.68. The van der Waals surface area contributed by atoms with E-state index >= 15 is 0 Å². The molecule has 20 heavy (non-hydrogen) atoms. The molecule has 3 rings (SSSR count). The molecule has 1 atom stereocenters. The summed E-state index contributed by atoms with van der Waals surface area (Å²) in [4.78, 5) is 2.31. The van der Waals surface area contributed by atoms with Crippen LogP contribution in [0.5, 0.6) is 0 Å². The Bertz CT molecular complexity index is 597. The molecular weight excluding hydrogens is 251 g/mol. The van der Waals surface area contributed by atoms with E-state index in [1.54, 1.807) is 6.07 Å². The molecular formula is C17H19FN2. The first-order chi connectivity index (χ1) is 9.74. The molecule has 0 saturated carbocycles. The summed E-state index contributed by atoms with van der Waals surface area (Å²) in [5, 5.41) is 0. The van der Waals surface area contributed by atoms with E-state index in [9.17, 15) is 4.39 Å². The highest BCUT2D eigenvalue weighted by Crippen LogP contribution is 2.28. The molecule has 104 valence electrons. The second-order valence-electron chi connectivity index (χ2n) is 5.34. The van der Waals surface area contributed by atoms with Gasteiger partial charge in [0.05, 0.1) is 0 Å². The standard InChI is InChI=1S/C17H19FN2/c18-15-8-3-6-14(11-15)16(19)12-20-10-4-7-13-5-1-2-9-17(13)20/h1-3,5-6,8-9,11,16H,4,7,10,12,19H2. The van der Waals surface area contributed by atoms with Gasteiger partial charge < -0.3 is 10.6 Å². The van der Waals surface area contributed by atoms with Gasteiger partial charge in [-0.1, -0.05) is 30.3 Å². The smallest absolute Gasteiger partial charge is 0.123 e. The quantitative estimate of drug-likeness (QED) is 0.927. The van der Waals surface area contributed by atoms with Crippen molar-refractivity contribution < 1.29 is 4.39 Å². The molecule has 2 N–H and O–H groups in total. The number of aryl methyl sites for hydroxylation is 1. The first-order valence-electron chi connectivity index (χ1n) is 7.08. The van der Waals surface area contributed by atoms with Crippen molar-refractivity contribution in [2.45, 2.75) is 18.9 Å². The molecule has 1 unspecified atom stereocenters. The predicted molar refractivity (Wildman–Crippen MR) is 80.3 cm³/mol. The summed E-state index contributed by atoms with van der Waals surface area (Å²) in [5.74, 6) is -0.225. The number of benzene rings is 2. The van der Waals surface area contributed by atoms with Gasteiger partial charge in [-0.25, -0.2) is 4.39 Å². The number of para-hydroxylation sites is 1. The zero-order valence-electron chi connectivity index (χ0n) is 11.4. The number of hydrogen-bond donors (Lipinski definition) is 1. The van der Waals surface area contributed by atoms with Crippen molar-refractivity contribution in [3.8, 4) is 0 Å². The van der Waals surface area contributed by atoms with E-state index < -0.39 is 0 Å². The highest BCUT2D eigenvalue weighted by Gasteiger charge is 2.19. The summed E-state index contributed by atoms with van der Waals surface area (Å²) in [6, 6.07) is 14.9. The van der Waals surface area contributed by atoms with Crippen molar-refractivity contribution in [2.24, 2.45) is 5.73 Å². The van der Waals surface area contributed by atoms with Crippen molar-refractivity contribution in [3.05, 3.63) is 65.5 Å². The molecule has 2 aromatic rings. The number of halogens is 1. The summed E-state index contributed by atoms with van der Waals surface area (Å²) in [6.07, 6.45) is 2.27. The fourth-order valence-corrected chi connectivity index (χ4v) is 2.88. The second kappa shape index (κ2) is 5.63. The first-order valence-corrected chi connectivity index (χ1v) is 7.08. The van der Waals surface area contributed by atoms with Crippen LogP contribution in [0.15, 0.2) is 48.5 Å². The van der Waals surface area contributed by atoms with Crippen LogP contribution in [0.4, 0.5) is 10.1 Å². The van der Waals surface area contributed by atoms with E-state index in [1.165, 1.54) is 23.4 Å². The van der Waals surface area contributed by atoms with E-state index in [-0.39, 0.29) is 11.9 Å². The molecule has 1 heterocycles. The van der Waals surface area contributed by atoms with E-state index in [0.29, 0.717) is 0 Å². The molecule has 0 aromatic heterocycles. The van der Waals surface area contributed by atoms with Crippen molar-refractivity contribution >= 4 is 5.69 Å². The maximum Gasteiger partial charge on any atom is 0.123 e. The van der Waals surface area contributed by atoms with Gasteiger partial charge in [0.1, 0.15) is 5.82 Å². The minimum Gasteiger partial charge on any atom is -0.369 e. The minimum absolute atomic E-state index is 0.170. The molecule has 1 aliphatic rings. The fourth-order valence-electron chi connectivity index (χ4n) is 2.88. The van der Waals surface area contributed by atoms with Crippen molar-refractivity contribution in [3.63, 3.8) is 0 Å². The Labute approximate surface area is 119 Å². The van der Waals surface area contributed by atoms with Crippen LogP contribution in [0.2, 0.25) is 0 Å². The van der Waals surface area contributed by atoms with Crippen LogP contribution in [0.3, 0.4) is 0 Å². The van der Waals surface area contributed by atoms with Crippen molar-refractivity contribution in [2.75, 3.05) is 18.0 Å². The lowest BCUT2D eigenvalue weighted by molar-refractivity contribution is 0.605. The zero-order valence-corrected chi connectivity index (χ0v) is 11.4. The monoisotopic (exact) mass is 270 g/mol. The summed E-state index contributed by atoms with van der Waals surface area (Å²) in [6.45, 7) is 1.74. The van der Waals surface area contributed by atoms with E-state index in [2.05, 4.69) is 29.2 Å². The topological polar surface area (TPSA) is 29.3 Å². The largest absolute Gasteiger partial charge is 0.369 e. The van der Waals surface area contributed by atoms with Gasteiger partial charge in [-0.2, -0.15) is 0 Å². The molecule has 0 spiro atoms. The van der Waals surface area contributed by atoms with Gasteiger partial charge in [-0.15, -0.1) is 0 Å². The van der Waals surface area contributed by atoms with Crippen LogP contribution in [0.1, 0.15) is 23.6 Å². The SMILES string of the molecule is NC(CN1CCCc2ccccc21)c1cccc(F)c1. The fraction of sp³-hybridized carbons (Fsp3) is 0.294. The van der Waals surface area contributed by atoms with Gasteiger partial charge in [-0.3, -0.25) is 0 Å². The molecule has 0 bridgehead atoms. The highest BCUT2D eigenvalue weighted by atomic mass is 19.1. The van der Waals surface area contributed by atoms with Gasteiger partial charge in [-0.05, 0) is 42.2 Å². The van der Waals surface area contributed by atoms with Crippen molar-refractivity contribution in [1.29, 1.82) is 0 Å². The Kier molecular flexibility index (Phi) is 3.70. The average molecular weight is 270 g/mol. The van der Waals surface area contributed by atoms with Crippen LogP contribution in [-0.2, 0) is 6.42 Å². The van der Waals surface area contributed by atoms with Gasteiger partial charge in [0.25, 0.3) is 0 Å². The number of fused-ring (bicyclic) bond motifs is 1. The first kappa shape index (κ1) is 13.1. The average Bonchev–Trinajstić information content (AvgIpc) is 2.47. The molecule has 0 aliphatic carbocycles. The third-order valence-electron chi connectivity index (χ3n) is 3.90. The molecule has 0 fully saturated rings. The Morgan fingerprint density at radius 1 is 1.15 bits per heavy atom. The van der Waals surface area contributed by atoms with Crippen molar-refractivity contribution in [1.82, 2.24) is 0 Å². The van der Waals surface area contributed by atoms with Crippen LogP contribution in [0.25, 0.3) is 0 Å². The van der Waals surface area contributed by atoms with Gasteiger partial charge in [0, 0.05) is 24.8 Å². The molecule has 1 aliphatic heterocycles. The molecule has 0 radical (unpaired) electrons. The number of nitrogens with two attached hydrogens (primary N) is 1. The van der Waals surface area contributed by atoms with Crippen LogP contribution >= 0.6 is 0 Å². The highest BCUT2D eigenvalue weighted by molar-refractivity contribution is 5.55. The normalized spacial score (nSPS) is 15.8.